The molecule has 7 nitrogen and oxygen atoms in total. The van der Waals surface area contributed by atoms with Gasteiger partial charge in [-0.1, -0.05) is 0 Å². The third-order valence-corrected chi connectivity index (χ3v) is 6.60. The van der Waals surface area contributed by atoms with Gasteiger partial charge in [0.2, 0.25) is 0 Å². The van der Waals surface area contributed by atoms with E-state index in [0.717, 1.165) is 29.9 Å². The van der Waals surface area contributed by atoms with Crippen molar-refractivity contribution in [2.75, 3.05) is 44.2 Å². The van der Waals surface area contributed by atoms with E-state index in [1.165, 1.54) is 0 Å². The van der Waals surface area contributed by atoms with Crippen LogP contribution in [0.5, 0.6) is 0 Å². The van der Waals surface area contributed by atoms with Crippen molar-refractivity contribution in [2.45, 2.75) is 26.7 Å². The van der Waals surface area contributed by atoms with E-state index in [-0.39, 0.29) is 0 Å². The molecular weight excluding hydrogens is 302 g/mol. The third-order valence-electron chi connectivity index (χ3n) is 4.57. The van der Waals surface area contributed by atoms with Gasteiger partial charge in [0.15, 0.2) is 0 Å². The first-order valence-corrected chi connectivity index (χ1v) is 9.18. The molecule has 0 unspecified atom stereocenters. The molecule has 0 bridgehead atoms. The molecule has 2 saturated heterocycles. The van der Waals surface area contributed by atoms with Crippen LogP contribution >= 0.6 is 0 Å². The van der Waals surface area contributed by atoms with Crippen molar-refractivity contribution in [2.24, 2.45) is 0 Å². The summed E-state index contributed by atoms with van der Waals surface area (Å²) in [6.07, 6.45) is 3.52. The second-order valence-electron chi connectivity index (χ2n) is 5.91. The highest BCUT2D eigenvalue weighted by Gasteiger charge is 2.34. The van der Waals surface area contributed by atoms with Crippen molar-refractivity contribution < 1.29 is 8.42 Å². The largest absolute Gasteiger partial charge is 0.354 e. The van der Waals surface area contributed by atoms with Gasteiger partial charge in [0.1, 0.15) is 12.1 Å². The van der Waals surface area contributed by atoms with Crippen molar-refractivity contribution in [1.29, 1.82) is 0 Å². The summed E-state index contributed by atoms with van der Waals surface area (Å²) >= 11 is 0. The number of aromatic nitrogens is 2. The van der Waals surface area contributed by atoms with E-state index in [0.29, 0.717) is 39.3 Å². The molecule has 8 heteroatoms. The van der Waals surface area contributed by atoms with Crippen LogP contribution in [0.4, 0.5) is 5.82 Å². The second kappa shape index (κ2) is 6.10. The summed E-state index contributed by atoms with van der Waals surface area (Å²) in [5.41, 5.74) is 2.04. The zero-order chi connectivity index (χ0) is 15.7. The first-order valence-electron chi connectivity index (χ1n) is 7.78. The molecule has 0 aliphatic carbocycles. The van der Waals surface area contributed by atoms with Gasteiger partial charge in [-0.25, -0.2) is 9.97 Å². The van der Waals surface area contributed by atoms with Crippen LogP contribution in [-0.2, 0) is 10.2 Å². The number of anilines is 1. The first-order chi connectivity index (χ1) is 10.5. The number of hydrogen-bond acceptors (Lipinski definition) is 5. The van der Waals surface area contributed by atoms with Gasteiger partial charge in [-0.15, -0.1) is 0 Å². The van der Waals surface area contributed by atoms with Gasteiger partial charge in [0.25, 0.3) is 10.2 Å². The lowest BCUT2D eigenvalue weighted by Gasteiger charge is -2.36. The van der Waals surface area contributed by atoms with E-state index in [1.807, 2.05) is 13.8 Å². The van der Waals surface area contributed by atoms with Crippen LogP contribution < -0.4 is 4.90 Å². The molecule has 0 aromatic carbocycles. The molecule has 3 heterocycles. The molecular formula is C14H23N5O2S. The van der Waals surface area contributed by atoms with E-state index in [9.17, 15) is 8.42 Å². The molecule has 0 N–H and O–H groups in total. The van der Waals surface area contributed by atoms with Gasteiger partial charge in [0, 0.05) is 50.5 Å². The Balaban J connectivity index is 1.69. The fourth-order valence-electron chi connectivity index (χ4n) is 3.06. The summed E-state index contributed by atoms with van der Waals surface area (Å²) in [6, 6.07) is 0. The Morgan fingerprint density at radius 2 is 1.50 bits per heavy atom. The predicted octanol–water partition coefficient (Wildman–Crippen LogP) is 0.556. The topological polar surface area (TPSA) is 69.6 Å². The molecule has 2 aliphatic heterocycles. The quantitative estimate of drug-likeness (QED) is 0.812. The molecule has 22 heavy (non-hydrogen) atoms. The fourth-order valence-corrected chi connectivity index (χ4v) is 4.73. The normalized spacial score (nSPS) is 21.5. The molecule has 0 radical (unpaired) electrons. The molecule has 0 saturated carbocycles. The monoisotopic (exact) mass is 325 g/mol. The average molecular weight is 325 g/mol. The van der Waals surface area contributed by atoms with Gasteiger partial charge < -0.3 is 4.90 Å². The van der Waals surface area contributed by atoms with Gasteiger partial charge in [-0.3, -0.25) is 0 Å². The van der Waals surface area contributed by atoms with Crippen molar-refractivity contribution in [3.05, 3.63) is 17.6 Å². The summed E-state index contributed by atoms with van der Waals surface area (Å²) in [5.74, 6) is 0.922. The standard InChI is InChI=1S/C14H23N5O2S/c1-12-13(2)15-11-16-14(12)17-7-9-19(10-8-17)22(20,21)18-5-3-4-6-18/h11H,3-10H2,1-2H3. The lowest BCUT2D eigenvalue weighted by Crippen LogP contribution is -2.52. The number of rotatable bonds is 3. The van der Waals surface area contributed by atoms with E-state index < -0.39 is 10.2 Å². The Hall–Kier alpha value is -1.25. The second-order valence-corrected chi connectivity index (χ2v) is 7.84. The molecule has 0 amide bonds. The maximum absolute atomic E-state index is 12.6. The lowest BCUT2D eigenvalue weighted by atomic mass is 10.2. The molecule has 122 valence electrons. The van der Waals surface area contributed by atoms with E-state index in [4.69, 9.17) is 0 Å². The number of aryl methyl sites for hydroxylation is 1. The Morgan fingerprint density at radius 3 is 2.14 bits per heavy atom. The fraction of sp³-hybridized carbons (Fsp3) is 0.714. The van der Waals surface area contributed by atoms with Crippen LogP contribution in [0.25, 0.3) is 0 Å². The highest BCUT2D eigenvalue weighted by molar-refractivity contribution is 7.86. The highest BCUT2D eigenvalue weighted by Crippen LogP contribution is 2.22. The maximum atomic E-state index is 12.6. The zero-order valence-electron chi connectivity index (χ0n) is 13.2. The molecule has 2 fully saturated rings. The van der Waals surface area contributed by atoms with Gasteiger partial charge in [0.05, 0.1) is 0 Å². The molecule has 3 rings (SSSR count). The van der Waals surface area contributed by atoms with Gasteiger partial charge in [-0.2, -0.15) is 17.0 Å². The summed E-state index contributed by atoms with van der Waals surface area (Å²) in [4.78, 5) is 10.7. The number of hydrogen-bond donors (Lipinski definition) is 0. The average Bonchev–Trinajstić information content (AvgIpc) is 3.05. The minimum atomic E-state index is -3.28. The summed E-state index contributed by atoms with van der Waals surface area (Å²) in [5, 5.41) is 0. The Bertz CT molecular complexity index is 635. The summed E-state index contributed by atoms with van der Waals surface area (Å²) < 4.78 is 28.3. The summed E-state index contributed by atoms with van der Waals surface area (Å²) in [6.45, 7) is 7.67. The van der Waals surface area contributed by atoms with Crippen LogP contribution in [0, 0.1) is 13.8 Å². The third kappa shape index (κ3) is 2.82. The number of nitrogens with zero attached hydrogens (tertiary/aromatic N) is 5. The van der Waals surface area contributed by atoms with Crippen LogP contribution in [-0.4, -0.2) is 66.3 Å². The van der Waals surface area contributed by atoms with Crippen molar-refractivity contribution in [3.8, 4) is 0 Å². The molecule has 1 aromatic rings. The van der Waals surface area contributed by atoms with Gasteiger partial charge >= 0.3 is 0 Å². The predicted molar refractivity (Wildman–Crippen MR) is 85.0 cm³/mol. The number of piperazine rings is 1. The lowest BCUT2D eigenvalue weighted by molar-refractivity contribution is 0.343. The van der Waals surface area contributed by atoms with E-state index >= 15 is 0 Å². The van der Waals surface area contributed by atoms with E-state index in [2.05, 4.69) is 14.9 Å². The van der Waals surface area contributed by atoms with E-state index in [1.54, 1.807) is 14.9 Å². The molecule has 1 aromatic heterocycles. The Kier molecular flexibility index (Phi) is 4.33. The minimum Gasteiger partial charge on any atom is -0.354 e. The molecule has 0 atom stereocenters. The van der Waals surface area contributed by atoms with Crippen molar-refractivity contribution in [1.82, 2.24) is 18.6 Å². The van der Waals surface area contributed by atoms with Crippen molar-refractivity contribution >= 4 is 16.0 Å². The minimum absolute atomic E-state index is 0.515. The Morgan fingerprint density at radius 1 is 0.909 bits per heavy atom. The SMILES string of the molecule is Cc1ncnc(N2CCN(S(=O)(=O)N3CCCC3)CC2)c1C. The molecule has 2 aliphatic rings. The van der Waals surface area contributed by atoms with Crippen LogP contribution in [0.1, 0.15) is 24.1 Å². The Labute approximate surface area is 132 Å². The smallest absolute Gasteiger partial charge is 0.282 e. The zero-order valence-corrected chi connectivity index (χ0v) is 14.0. The van der Waals surface area contributed by atoms with Crippen LogP contribution in [0.3, 0.4) is 0 Å². The summed E-state index contributed by atoms with van der Waals surface area (Å²) in [7, 11) is -3.28. The van der Waals surface area contributed by atoms with Gasteiger partial charge in [-0.05, 0) is 26.7 Å². The molecule has 0 spiro atoms. The van der Waals surface area contributed by atoms with Crippen LogP contribution in [0.2, 0.25) is 0 Å². The van der Waals surface area contributed by atoms with Crippen LogP contribution in [0.15, 0.2) is 6.33 Å². The first kappa shape index (κ1) is 15.6. The maximum Gasteiger partial charge on any atom is 0.282 e. The highest BCUT2D eigenvalue weighted by atomic mass is 32.2. The van der Waals surface area contributed by atoms with Crippen molar-refractivity contribution in [3.63, 3.8) is 0 Å².